The highest BCUT2D eigenvalue weighted by Crippen LogP contribution is 2.20. The van der Waals surface area contributed by atoms with Crippen LogP contribution in [-0.2, 0) is 10.0 Å². The molecule has 0 heterocycles. The normalized spacial score (nSPS) is 13.5. The highest BCUT2D eigenvalue weighted by molar-refractivity contribution is 7.89. The molecule has 1 N–H and O–H groups in total. The standard InChI is InChI=1S/C12H17Cl2NO2S/c1-10(9-13)5-4-8-15-18(16,17)12-7-3-2-6-11(12)14/h2-3,6-7,10,15H,4-5,8-9H2,1H3. The van der Waals surface area contributed by atoms with Crippen LogP contribution in [0.15, 0.2) is 29.2 Å². The Morgan fingerprint density at radius 1 is 1.33 bits per heavy atom. The van der Waals surface area contributed by atoms with E-state index in [1.54, 1.807) is 18.2 Å². The maximum Gasteiger partial charge on any atom is 0.242 e. The minimum atomic E-state index is -3.51. The van der Waals surface area contributed by atoms with E-state index in [-0.39, 0.29) is 9.92 Å². The molecule has 0 saturated heterocycles. The molecule has 0 saturated carbocycles. The van der Waals surface area contributed by atoms with Crippen LogP contribution in [0.3, 0.4) is 0 Å². The Hall–Kier alpha value is -0.290. The van der Waals surface area contributed by atoms with Crippen molar-refractivity contribution < 1.29 is 8.42 Å². The van der Waals surface area contributed by atoms with Gasteiger partial charge in [0.25, 0.3) is 0 Å². The molecule has 0 aliphatic heterocycles. The molecule has 6 heteroatoms. The van der Waals surface area contributed by atoms with E-state index in [1.807, 2.05) is 6.92 Å². The monoisotopic (exact) mass is 309 g/mol. The van der Waals surface area contributed by atoms with Crippen LogP contribution in [-0.4, -0.2) is 20.8 Å². The van der Waals surface area contributed by atoms with Crippen molar-refractivity contribution in [3.05, 3.63) is 29.3 Å². The van der Waals surface area contributed by atoms with Crippen molar-refractivity contribution in [2.24, 2.45) is 5.92 Å². The molecule has 0 radical (unpaired) electrons. The average Bonchev–Trinajstić information content (AvgIpc) is 2.34. The summed E-state index contributed by atoms with van der Waals surface area (Å²) in [7, 11) is -3.51. The largest absolute Gasteiger partial charge is 0.242 e. The number of halogens is 2. The van der Waals surface area contributed by atoms with E-state index in [0.29, 0.717) is 18.3 Å². The summed E-state index contributed by atoms with van der Waals surface area (Å²) in [6.07, 6.45) is 1.66. The number of hydrogen-bond donors (Lipinski definition) is 1. The molecular weight excluding hydrogens is 293 g/mol. The van der Waals surface area contributed by atoms with Gasteiger partial charge in [0.2, 0.25) is 10.0 Å². The first-order valence-electron chi connectivity index (χ1n) is 5.77. The molecule has 1 aromatic carbocycles. The summed E-state index contributed by atoms with van der Waals surface area (Å²) in [5, 5.41) is 0.235. The van der Waals surface area contributed by atoms with Gasteiger partial charge in [0.15, 0.2) is 0 Å². The molecule has 3 nitrogen and oxygen atoms in total. The second-order valence-electron chi connectivity index (χ2n) is 4.23. The van der Waals surface area contributed by atoms with Crippen LogP contribution in [0.5, 0.6) is 0 Å². The van der Waals surface area contributed by atoms with Crippen molar-refractivity contribution >= 4 is 33.2 Å². The van der Waals surface area contributed by atoms with Gasteiger partial charge < -0.3 is 0 Å². The van der Waals surface area contributed by atoms with Crippen LogP contribution in [0.25, 0.3) is 0 Å². The van der Waals surface area contributed by atoms with Gasteiger partial charge in [-0.15, -0.1) is 11.6 Å². The number of alkyl halides is 1. The Morgan fingerprint density at radius 2 is 2.00 bits per heavy atom. The quantitative estimate of drug-likeness (QED) is 0.620. The van der Waals surface area contributed by atoms with E-state index < -0.39 is 10.0 Å². The maximum absolute atomic E-state index is 11.9. The Labute approximate surface area is 119 Å². The van der Waals surface area contributed by atoms with Gasteiger partial charge in [-0.2, -0.15) is 0 Å². The highest BCUT2D eigenvalue weighted by Gasteiger charge is 2.16. The van der Waals surface area contributed by atoms with Crippen LogP contribution < -0.4 is 4.72 Å². The molecule has 0 fully saturated rings. The van der Waals surface area contributed by atoms with E-state index in [2.05, 4.69) is 4.72 Å². The minimum absolute atomic E-state index is 0.122. The number of nitrogens with one attached hydrogen (secondary N) is 1. The molecule has 18 heavy (non-hydrogen) atoms. The minimum Gasteiger partial charge on any atom is -0.211 e. The molecule has 0 aliphatic rings. The van der Waals surface area contributed by atoms with E-state index in [0.717, 1.165) is 12.8 Å². The second kappa shape index (κ2) is 7.34. The van der Waals surface area contributed by atoms with Gasteiger partial charge in [-0.1, -0.05) is 30.7 Å². The molecular formula is C12H17Cl2NO2S. The van der Waals surface area contributed by atoms with Crippen molar-refractivity contribution in [2.45, 2.75) is 24.7 Å². The molecule has 1 aromatic rings. The van der Waals surface area contributed by atoms with Crippen LogP contribution >= 0.6 is 23.2 Å². The number of hydrogen-bond acceptors (Lipinski definition) is 2. The Balaban J connectivity index is 2.54. The Morgan fingerprint density at radius 3 is 2.61 bits per heavy atom. The predicted molar refractivity (Wildman–Crippen MR) is 75.8 cm³/mol. The van der Waals surface area contributed by atoms with Crippen LogP contribution in [0, 0.1) is 5.92 Å². The van der Waals surface area contributed by atoms with Crippen molar-refractivity contribution in [2.75, 3.05) is 12.4 Å². The van der Waals surface area contributed by atoms with Gasteiger partial charge in [0.1, 0.15) is 4.90 Å². The van der Waals surface area contributed by atoms with Crippen LogP contribution in [0.2, 0.25) is 5.02 Å². The van der Waals surface area contributed by atoms with Crippen molar-refractivity contribution in [3.8, 4) is 0 Å². The molecule has 0 spiro atoms. The second-order valence-corrected chi connectivity index (χ2v) is 6.68. The third-order valence-corrected chi connectivity index (χ3v) is 5.04. The molecule has 1 unspecified atom stereocenters. The van der Waals surface area contributed by atoms with Crippen molar-refractivity contribution in [1.82, 2.24) is 4.72 Å². The molecule has 102 valence electrons. The lowest BCUT2D eigenvalue weighted by atomic mass is 10.1. The van der Waals surface area contributed by atoms with E-state index in [9.17, 15) is 8.42 Å². The summed E-state index contributed by atoms with van der Waals surface area (Å²) in [6.45, 7) is 2.43. The first-order chi connectivity index (χ1) is 8.47. The lowest BCUT2D eigenvalue weighted by Gasteiger charge is -2.09. The first kappa shape index (κ1) is 15.8. The summed E-state index contributed by atoms with van der Waals surface area (Å²) < 4.78 is 26.4. The zero-order chi connectivity index (χ0) is 13.6. The topological polar surface area (TPSA) is 46.2 Å². The molecule has 1 atom stereocenters. The first-order valence-corrected chi connectivity index (χ1v) is 8.17. The van der Waals surface area contributed by atoms with E-state index >= 15 is 0 Å². The average molecular weight is 310 g/mol. The fourth-order valence-electron chi connectivity index (χ4n) is 1.47. The third kappa shape index (κ3) is 4.76. The molecule has 1 rings (SSSR count). The Kier molecular flexibility index (Phi) is 6.43. The summed E-state index contributed by atoms with van der Waals surface area (Å²) in [4.78, 5) is 0.122. The summed E-state index contributed by atoms with van der Waals surface area (Å²) in [5.74, 6) is 0.994. The van der Waals surface area contributed by atoms with Gasteiger partial charge in [0.05, 0.1) is 5.02 Å². The predicted octanol–water partition coefficient (Wildman–Crippen LogP) is 3.27. The molecule has 0 bridgehead atoms. The van der Waals surface area contributed by atoms with Crippen LogP contribution in [0.1, 0.15) is 19.8 Å². The smallest absolute Gasteiger partial charge is 0.211 e. The maximum atomic E-state index is 11.9. The van der Waals surface area contributed by atoms with Gasteiger partial charge >= 0.3 is 0 Å². The lowest BCUT2D eigenvalue weighted by Crippen LogP contribution is -2.25. The number of sulfonamides is 1. The summed E-state index contributed by atoms with van der Waals surface area (Å²) >= 11 is 11.5. The highest BCUT2D eigenvalue weighted by atomic mass is 35.5. The lowest BCUT2D eigenvalue weighted by molar-refractivity contribution is 0.543. The fourth-order valence-corrected chi connectivity index (χ4v) is 3.22. The van der Waals surface area contributed by atoms with Gasteiger partial charge in [0, 0.05) is 12.4 Å². The zero-order valence-electron chi connectivity index (χ0n) is 10.2. The SMILES string of the molecule is CC(CCl)CCCNS(=O)(=O)c1ccccc1Cl. The molecule has 0 amide bonds. The molecule has 0 aromatic heterocycles. The van der Waals surface area contributed by atoms with Crippen LogP contribution in [0.4, 0.5) is 0 Å². The van der Waals surface area contributed by atoms with E-state index in [1.165, 1.54) is 6.07 Å². The van der Waals surface area contributed by atoms with Gasteiger partial charge in [-0.05, 0) is 30.9 Å². The van der Waals surface area contributed by atoms with Gasteiger partial charge in [-0.25, -0.2) is 13.1 Å². The zero-order valence-corrected chi connectivity index (χ0v) is 12.5. The molecule has 0 aliphatic carbocycles. The van der Waals surface area contributed by atoms with Crippen molar-refractivity contribution in [3.63, 3.8) is 0 Å². The van der Waals surface area contributed by atoms with E-state index in [4.69, 9.17) is 23.2 Å². The number of rotatable bonds is 7. The Bertz CT molecular complexity index is 477. The van der Waals surface area contributed by atoms with Gasteiger partial charge in [-0.3, -0.25) is 0 Å². The summed E-state index contributed by atoms with van der Waals surface area (Å²) in [5.41, 5.74) is 0. The summed E-state index contributed by atoms with van der Waals surface area (Å²) in [6, 6.07) is 6.40. The van der Waals surface area contributed by atoms with Crippen molar-refractivity contribution in [1.29, 1.82) is 0 Å². The number of benzene rings is 1. The fraction of sp³-hybridized carbons (Fsp3) is 0.500. The third-order valence-electron chi connectivity index (χ3n) is 2.56.